The third-order valence-corrected chi connectivity index (χ3v) is 5.97. The summed E-state index contributed by atoms with van der Waals surface area (Å²) in [6, 6.07) is 0.0978. The Morgan fingerprint density at radius 1 is 1.38 bits per heavy atom. The predicted octanol–water partition coefficient (Wildman–Crippen LogP) is 1.08. The molecule has 0 aromatic rings. The van der Waals surface area contributed by atoms with Crippen LogP contribution in [0.5, 0.6) is 0 Å². The van der Waals surface area contributed by atoms with Crippen molar-refractivity contribution in [2.45, 2.75) is 51.3 Å². The van der Waals surface area contributed by atoms with E-state index in [0.717, 1.165) is 12.8 Å². The lowest BCUT2D eigenvalue weighted by atomic mass is 9.98. The first-order chi connectivity index (χ1) is 7.42. The van der Waals surface area contributed by atoms with Gasteiger partial charge in [0.1, 0.15) is 0 Å². The molecular formula is C11H24N2O2S. The van der Waals surface area contributed by atoms with Crippen LogP contribution in [0.2, 0.25) is 0 Å². The average Bonchev–Trinajstić information content (AvgIpc) is 2.50. The first-order valence-electron chi connectivity index (χ1n) is 6.13. The van der Waals surface area contributed by atoms with Gasteiger partial charge in [-0.25, -0.2) is 13.1 Å². The van der Waals surface area contributed by atoms with Gasteiger partial charge in [-0.2, -0.15) is 0 Å². The number of hydrogen-bond donors (Lipinski definition) is 2. The van der Waals surface area contributed by atoms with Crippen molar-refractivity contribution in [2.24, 2.45) is 17.6 Å². The molecule has 0 saturated heterocycles. The van der Waals surface area contributed by atoms with Crippen molar-refractivity contribution in [1.29, 1.82) is 0 Å². The lowest BCUT2D eigenvalue weighted by Crippen LogP contribution is -2.45. The molecule has 0 aromatic heterocycles. The molecule has 1 saturated carbocycles. The minimum Gasteiger partial charge on any atom is -0.329 e. The van der Waals surface area contributed by atoms with Crippen molar-refractivity contribution in [1.82, 2.24) is 4.72 Å². The molecule has 4 atom stereocenters. The largest absolute Gasteiger partial charge is 0.329 e. The molecule has 0 aliphatic heterocycles. The highest BCUT2D eigenvalue weighted by Gasteiger charge is 2.34. The Morgan fingerprint density at radius 2 is 2.00 bits per heavy atom. The molecule has 16 heavy (non-hydrogen) atoms. The lowest BCUT2D eigenvalue weighted by Gasteiger charge is -2.22. The van der Waals surface area contributed by atoms with Gasteiger partial charge in [-0.3, -0.25) is 0 Å². The fourth-order valence-corrected chi connectivity index (χ4v) is 3.99. The number of nitrogens with one attached hydrogen (secondary N) is 1. The van der Waals surface area contributed by atoms with Crippen LogP contribution in [0.4, 0.5) is 0 Å². The Kier molecular flexibility index (Phi) is 4.76. The molecule has 0 heterocycles. The van der Waals surface area contributed by atoms with Gasteiger partial charge < -0.3 is 5.73 Å². The first-order valence-corrected chi connectivity index (χ1v) is 7.68. The van der Waals surface area contributed by atoms with Crippen molar-refractivity contribution >= 4 is 10.0 Å². The molecule has 1 aliphatic rings. The molecule has 1 aliphatic carbocycles. The third-order valence-electron chi connectivity index (χ3n) is 3.94. The minimum absolute atomic E-state index is 0.0978. The second kappa shape index (κ2) is 5.47. The van der Waals surface area contributed by atoms with Crippen molar-refractivity contribution in [2.75, 3.05) is 6.54 Å². The van der Waals surface area contributed by atoms with Crippen molar-refractivity contribution in [3.8, 4) is 0 Å². The van der Waals surface area contributed by atoms with Crippen LogP contribution in [0.25, 0.3) is 0 Å². The second-order valence-electron chi connectivity index (χ2n) is 4.95. The fourth-order valence-electron chi connectivity index (χ4n) is 2.35. The van der Waals surface area contributed by atoms with E-state index in [9.17, 15) is 8.42 Å². The summed E-state index contributed by atoms with van der Waals surface area (Å²) in [5, 5.41) is -0.449. The van der Waals surface area contributed by atoms with E-state index in [1.54, 1.807) is 0 Å². The Labute approximate surface area is 99.0 Å². The van der Waals surface area contributed by atoms with Crippen LogP contribution in [0.1, 0.15) is 40.0 Å². The van der Waals surface area contributed by atoms with Gasteiger partial charge in [-0.05, 0) is 31.1 Å². The van der Waals surface area contributed by atoms with Crippen molar-refractivity contribution in [3.63, 3.8) is 0 Å². The monoisotopic (exact) mass is 248 g/mol. The van der Waals surface area contributed by atoms with Crippen LogP contribution < -0.4 is 10.5 Å². The highest BCUT2D eigenvalue weighted by Crippen LogP contribution is 2.31. The molecule has 1 rings (SSSR count). The van der Waals surface area contributed by atoms with Crippen LogP contribution in [-0.2, 0) is 10.0 Å². The molecule has 4 unspecified atom stereocenters. The standard InChI is InChI=1S/C11H24N2O2S/c1-4-10(7-12)16(14,15)13-11-6-5-8(2)9(11)3/h8-11,13H,4-7,12H2,1-3H3. The summed E-state index contributed by atoms with van der Waals surface area (Å²) in [7, 11) is -3.24. The molecule has 0 aromatic carbocycles. The number of nitrogens with two attached hydrogens (primary N) is 1. The topological polar surface area (TPSA) is 72.2 Å². The Balaban J connectivity index is 2.66. The third kappa shape index (κ3) is 2.96. The molecule has 3 N–H and O–H groups in total. The second-order valence-corrected chi connectivity index (χ2v) is 6.94. The molecule has 96 valence electrons. The van der Waals surface area contributed by atoms with Gasteiger partial charge in [0.05, 0.1) is 5.25 Å². The summed E-state index contributed by atoms with van der Waals surface area (Å²) in [6.07, 6.45) is 2.62. The van der Waals surface area contributed by atoms with Crippen LogP contribution in [0.15, 0.2) is 0 Å². The van der Waals surface area contributed by atoms with Crippen LogP contribution in [-0.4, -0.2) is 26.3 Å². The van der Waals surface area contributed by atoms with Crippen LogP contribution >= 0.6 is 0 Å². The van der Waals surface area contributed by atoms with Gasteiger partial charge in [-0.15, -0.1) is 0 Å². The molecule has 0 bridgehead atoms. The molecular weight excluding hydrogens is 224 g/mol. The fraction of sp³-hybridized carbons (Fsp3) is 1.00. The first kappa shape index (κ1) is 13.9. The maximum absolute atomic E-state index is 12.0. The molecule has 0 amide bonds. The maximum Gasteiger partial charge on any atom is 0.215 e. The smallest absolute Gasteiger partial charge is 0.215 e. The van der Waals surface area contributed by atoms with Gasteiger partial charge in [-0.1, -0.05) is 20.8 Å². The van der Waals surface area contributed by atoms with Crippen LogP contribution in [0.3, 0.4) is 0 Å². The number of hydrogen-bond acceptors (Lipinski definition) is 3. The summed E-state index contributed by atoms with van der Waals surface area (Å²) >= 11 is 0. The molecule has 4 nitrogen and oxygen atoms in total. The summed E-state index contributed by atoms with van der Waals surface area (Å²) < 4.78 is 26.8. The minimum atomic E-state index is -3.24. The summed E-state index contributed by atoms with van der Waals surface area (Å²) in [5.74, 6) is 1.02. The number of rotatable bonds is 5. The predicted molar refractivity (Wildman–Crippen MR) is 66.5 cm³/mol. The summed E-state index contributed by atoms with van der Waals surface area (Å²) in [4.78, 5) is 0. The Bertz CT molecular complexity index is 312. The van der Waals surface area contributed by atoms with Crippen molar-refractivity contribution < 1.29 is 8.42 Å². The van der Waals surface area contributed by atoms with Gasteiger partial charge in [0.15, 0.2) is 0 Å². The Hall–Kier alpha value is -0.130. The highest BCUT2D eigenvalue weighted by atomic mass is 32.2. The molecule has 1 fully saturated rings. The molecule has 5 heteroatoms. The van der Waals surface area contributed by atoms with Gasteiger partial charge in [0.25, 0.3) is 0 Å². The molecule has 0 spiro atoms. The quantitative estimate of drug-likeness (QED) is 0.764. The maximum atomic E-state index is 12.0. The average molecular weight is 248 g/mol. The highest BCUT2D eigenvalue weighted by molar-refractivity contribution is 7.90. The van der Waals surface area contributed by atoms with Gasteiger partial charge in [0, 0.05) is 12.6 Å². The van der Waals surface area contributed by atoms with E-state index in [4.69, 9.17) is 5.73 Å². The van der Waals surface area contributed by atoms with E-state index in [1.165, 1.54) is 0 Å². The summed E-state index contributed by atoms with van der Waals surface area (Å²) in [6.45, 7) is 6.35. The SMILES string of the molecule is CCC(CN)S(=O)(=O)NC1CCC(C)C1C. The zero-order chi connectivity index (χ0) is 12.3. The number of sulfonamides is 1. The van der Waals surface area contributed by atoms with E-state index in [2.05, 4.69) is 18.6 Å². The van der Waals surface area contributed by atoms with E-state index < -0.39 is 15.3 Å². The zero-order valence-electron chi connectivity index (χ0n) is 10.4. The normalized spacial score (nSPS) is 32.9. The lowest BCUT2D eigenvalue weighted by molar-refractivity contribution is 0.400. The van der Waals surface area contributed by atoms with Crippen molar-refractivity contribution in [3.05, 3.63) is 0 Å². The molecule has 0 radical (unpaired) electrons. The van der Waals surface area contributed by atoms with E-state index in [-0.39, 0.29) is 12.6 Å². The van der Waals surface area contributed by atoms with Gasteiger partial charge in [0.2, 0.25) is 10.0 Å². The van der Waals surface area contributed by atoms with Gasteiger partial charge >= 0.3 is 0 Å². The van der Waals surface area contributed by atoms with E-state index in [1.807, 2.05) is 6.92 Å². The zero-order valence-corrected chi connectivity index (χ0v) is 11.3. The van der Waals surface area contributed by atoms with E-state index in [0.29, 0.717) is 18.3 Å². The van der Waals surface area contributed by atoms with Crippen LogP contribution in [0, 0.1) is 11.8 Å². The summed E-state index contributed by atoms with van der Waals surface area (Å²) in [5.41, 5.74) is 5.49. The Morgan fingerprint density at radius 3 is 2.38 bits per heavy atom. The van der Waals surface area contributed by atoms with E-state index >= 15 is 0 Å².